The number of carbonyl (C=O) groups is 1. The number of azo groups is 2. The highest BCUT2D eigenvalue weighted by Crippen LogP contribution is 2.44. The predicted octanol–water partition coefficient (Wildman–Crippen LogP) is 7.50. The molecule has 0 aliphatic rings. The summed E-state index contributed by atoms with van der Waals surface area (Å²) in [4.78, 5) is 10.2. The van der Waals surface area contributed by atoms with Crippen molar-refractivity contribution in [3.05, 3.63) is 83.9 Å². The van der Waals surface area contributed by atoms with Gasteiger partial charge in [-0.3, -0.25) is 18.2 Å². The van der Waals surface area contributed by atoms with Crippen LogP contribution in [0, 0.1) is 13.8 Å². The molecule has 23 nitrogen and oxygen atoms in total. The topological polar surface area (TPSA) is 367 Å². The van der Waals surface area contributed by atoms with Gasteiger partial charge in [-0.25, -0.2) is 4.79 Å². The third kappa shape index (κ3) is 9.70. The van der Waals surface area contributed by atoms with Gasteiger partial charge in [0.2, 0.25) is 0 Å². The molecule has 6 rings (SSSR count). The van der Waals surface area contributed by atoms with Gasteiger partial charge in [0.1, 0.15) is 42.5 Å². The number of aromatic hydroxyl groups is 2. The van der Waals surface area contributed by atoms with Gasteiger partial charge in [-0.2, -0.15) is 43.9 Å². The Morgan fingerprint density at radius 3 is 1.19 bits per heavy atom. The van der Waals surface area contributed by atoms with Crippen molar-refractivity contribution < 1.29 is 76.4 Å². The van der Waals surface area contributed by atoms with Crippen molar-refractivity contribution in [2.75, 3.05) is 24.9 Å². The Bertz CT molecular complexity index is 3260. The molecular formula is C37H32N6O17S4. The molecule has 0 radical (unpaired) electrons. The first-order chi connectivity index (χ1) is 29.7. The highest BCUT2D eigenvalue weighted by atomic mass is 32.2. The molecular weight excluding hydrogens is 929 g/mol. The number of hydrogen-bond donors (Lipinski definition) is 8. The standard InChI is InChI=1S/C37H32N6O17S4/c1-17-9-23(15-27(59-3)35(17)63(53,54)55)40-42-31-29(61(47,48)49)13-19-11-21(5-7-25(19)33(31)44)38-37(46)39-22-6-8-26-20(12-22)14-30(62(50,51)52)32(34(26)45)43-41-24-10-18(2)36(64(56,57)58)28(16-24)60-4/h5-16,44-45H,1-4H3,(H2,38,39,46)(H,47,48,49)(H,50,51,52)(H,53,54,55)(H,56,57,58). The average molecular weight is 961 g/mol. The van der Waals surface area contributed by atoms with Gasteiger partial charge in [-0.15, -0.1) is 10.2 Å². The molecule has 0 atom stereocenters. The Balaban J connectivity index is 1.28. The van der Waals surface area contributed by atoms with Crippen LogP contribution < -0.4 is 20.1 Å². The van der Waals surface area contributed by atoms with Crippen LogP contribution in [0.1, 0.15) is 11.1 Å². The third-order valence-electron chi connectivity index (χ3n) is 9.11. The quantitative estimate of drug-likeness (QED) is 0.0434. The van der Waals surface area contributed by atoms with Crippen molar-refractivity contribution in [1.82, 2.24) is 0 Å². The van der Waals surface area contributed by atoms with Gasteiger partial charge in [0.25, 0.3) is 40.5 Å². The number of rotatable bonds is 12. The zero-order valence-corrected chi connectivity index (χ0v) is 36.3. The van der Waals surface area contributed by atoms with Crippen LogP contribution in [-0.4, -0.2) is 82.3 Å². The number of anilines is 2. The molecule has 0 aromatic heterocycles. The third-order valence-corrected chi connectivity index (χ3v) is 12.9. The molecule has 27 heteroatoms. The summed E-state index contributed by atoms with van der Waals surface area (Å²) in [5, 5.41) is 42.4. The summed E-state index contributed by atoms with van der Waals surface area (Å²) in [6.07, 6.45) is 0. The molecule has 0 unspecified atom stereocenters. The Morgan fingerprint density at radius 2 is 0.875 bits per heavy atom. The fraction of sp³-hybridized carbons (Fsp3) is 0.108. The number of fused-ring (bicyclic) bond motifs is 2. The molecule has 0 saturated heterocycles. The highest BCUT2D eigenvalue weighted by molar-refractivity contribution is 7.86. The summed E-state index contributed by atoms with van der Waals surface area (Å²) >= 11 is 0. The second-order valence-corrected chi connectivity index (χ2v) is 19.0. The number of nitrogens with zero attached hydrogens (tertiary/aromatic N) is 4. The zero-order valence-electron chi connectivity index (χ0n) is 33.0. The van der Waals surface area contributed by atoms with E-state index in [4.69, 9.17) is 9.47 Å². The predicted molar refractivity (Wildman–Crippen MR) is 227 cm³/mol. The van der Waals surface area contributed by atoms with Gasteiger partial charge >= 0.3 is 6.03 Å². The fourth-order valence-corrected chi connectivity index (χ4v) is 9.52. The number of methoxy groups -OCH3 is 2. The first-order valence-electron chi connectivity index (χ1n) is 17.5. The Kier molecular flexibility index (Phi) is 12.4. The summed E-state index contributed by atoms with van der Waals surface area (Å²) in [6.45, 7) is 2.64. The van der Waals surface area contributed by atoms with E-state index in [0.717, 1.165) is 38.5 Å². The Labute approximate surface area is 362 Å². The lowest BCUT2D eigenvalue weighted by atomic mass is 10.1. The number of ether oxygens (including phenoxy) is 2. The number of phenolic OH excluding ortho intramolecular Hbond substituents is 2. The molecule has 6 aromatic rings. The Hall–Kier alpha value is -6.85. The van der Waals surface area contributed by atoms with Crippen LogP contribution in [0.15, 0.2) is 113 Å². The van der Waals surface area contributed by atoms with Crippen LogP contribution in [0.3, 0.4) is 0 Å². The lowest BCUT2D eigenvalue weighted by molar-refractivity contribution is 0.262. The number of amides is 2. The van der Waals surface area contributed by atoms with E-state index in [1.165, 1.54) is 62.4 Å². The normalized spacial score (nSPS) is 12.6. The maximum Gasteiger partial charge on any atom is 0.323 e. The lowest BCUT2D eigenvalue weighted by Gasteiger charge is -2.13. The van der Waals surface area contributed by atoms with Crippen LogP contribution in [0.5, 0.6) is 23.0 Å². The molecule has 336 valence electrons. The largest absolute Gasteiger partial charge is 0.505 e. The molecule has 6 aromatic carbocycles. The fourth-order valence-electron chi connectivity index (χ4n) is 6.48. The number of urea groups is 1. The van der Waals surface area contributed by atoms with E-state index in [-0.39, 0.29) is 66.9 Å². The first-order valence-corrected chi connectivity index (χ1v) is 23.3. The average Bonchev–Trinajstić information content (AvgIpc) is 3.17. The number of carbonyl (C=O) groups excluding carboxylic acids is 1. The second kappa shape index (κ2) is 17.0. The molecule has 0 heterocycles. The number of hydrogen-bond acceptors (Lipinski definition) is 17. The molecule has 64 heavy (non-hydrogen) atoms. The van der Waals surface area contributed by atoms with Crippen molar-refractivity contribution in [1.29, 1.82) is 0 Å². The monoisotopic (exact) mass is 960 g/mol. The molecule has 0 saturated carbocycles. The maximum absolute atomic E-state index is 13.1. The number of benzene rings is 6. The van der Waals surface area contributed by atoms with E-state index in [9.17, 15) is 66.9 Å². The molecule has 0 aliphatic heterocycles. The van der Waals surface area contributed by atoms with Crippen molar-refractivity contribution in [3.8, 4) is 23.0 Å². The minimum Gasteiger partial charge on any atom is -0.505 e. The van der Waals surface area contributed by atoms with Crippen LogP contribution >= 0.6 is 0 Å². The van der Waals surface area contributed by atoms with Crippen LogP contribution in [0.25, 0.3) is 21.5 Å². The maximum atomic E-state index is 13.1. The minimum atomic E-state index is -5.10. The minimum absolute atomic E-state index is 0.0105. The van der Waals surface area contributed by atoms with Gasteiger partial charge in [-0.05, 0) is 96.4 Å². The zero-order chi connectivity index (χ0) is 47.3. The van der Waals surface area contributed by atoms with E-state index in [0.29, 0.717) is 0 Å². The number of phenols is 2. The van der Waals surface area contributed by atoms with E-state index >= 15 is 0 Å². The number of nitrogens with one attached hydrogen (secondary N) is 2. The molecule has 2 amide bonds. The highest BCUT2D eigenvalue weighted by Gasteiger charge is 2.26. The number of aryl methyl sites for hydroxylation is 2. The molecule has 8 N–H and O–H groups in total. The van der Waals surface area contributed by atoms with Crippen LogP contribution in [0.4, 0.5) is 38.9 Å². The van der Waals surface area contributed by atoms with Gasteiger partial charge < -0.3 is 30.3 Å². The second-order valence-electron chi connectivity index (χ2n) is 13.5. The molecule has 0 aliphatic carbocycles. The summed E-state index contributed by atoms with van der Waals surface area (Å²) in [5.41, 5.74) is -1.56. The van der Waals surface area contributed by atoms with Crippen molar-refractivity contribution >= 4 is 102 Å². The SMILES string of the molecule is COc1cc(N=Nc2c(S(=O)(=O)O)cc3cc(NC(=O)Nc4ccc5c(O)c(N=Nc6cc(C)c(S(=O)(=O)O)c(OC)c6)c(S(=O)(=O)O)cc5c4)ccc3c2O)cc(C)c1S(=O)(=O)O. The van der Waals surface area contributed by atoms with Crippen molar-refractivity contribution in [2.45, 2.75) is 33.4 Å². The van der Waals surface area contributed by atoms with E-state index in [1.54, 1.807) is 0 Å². The molecule has 0 fully saturated rings. The van der Waals surface area contributed by atoms with E-state index in [2.05, 4.69) is 31.1 Å². The van der Waals surface area contributed by atoms with Gasteiger partial charge in [0.15, 0.2) is 11.5 Å². The lowest BCUT2D eigenvalue weighted by Crippen LogP contribution is -2.19. The summed E-state index contributed by atoms with van der Waals surface area (Å²) in [6, 6.07) is 13.1. The van der Waals surface area contributed by atoms with Gasteiger partial charge in [0, 0.05) is 34.3 Å². The van der Waals surface area contributed by atoms with Gasteiger partial charge in [0.05, 0.1) is 25.6 Å². The Morgan fingerprint density at radius 1 is 0.516 bits per heavy atom. The van der Waals surface area contributed by atoms with E-state index in [1.807, 2.05) is 0 Å². The van der Waals surface area contributed by atoms with Crippen LogP contribution in [-0.2, 0) is 40.5 Å². The van der Waals surface area contributed by atoms with Crippen molar-refractivity contribution in [3.63, 3.8) is 0 Å². The first kappa shape index (κ1) is 46.6. The van der Waals surface area contributed by atoms with Crippen LogP contribution in [0.2, 0.25) is 0 Å². The van der Waals surface area contributed by atoms with Crippen molar-refractivity contribution in [2.24, 2.45) is 20.5 Å². The molecule has 0 spiro atoms. The smallest absolute Gasteiger partial charge is 0.323 e. The molecule has 0 bridgehead atoms. The summed E-state index contributed by atoms with van der Waals surface area (Å²) < 4.78 is 146. The summed E-state index contributed by atoms with van der Waals surface area (Å²) in [5.74, 6) is -2.16. The summed E-state index contributed by atoms with van der Waals surface area (Å²) in [7, 11) is -17.4. The van der Waals surface area contributed by atoms with E-state index < -0.39 is 89.0 Å². The van der Waals surface area contributed by atoms with Gasteiger partial charge in [-0.1, -0.05) is 0 Å².